The number of carbonyl (C=O) groups excluding carboxylic acids is 1. The van der Waals surface area contributed by atoms with Crippen LogP contribution in [0.1, 0.15) is 37.7 Å². The molecular formula is C17H21NO4. The number of fused-ring (bicyclic) bond motifs is 1. The molecule has 1 aliphatic heterocycles. The first kappa shape index (κ1) is 14.9. The number of carbonyl (C=O) groups is 2. The molecule has 0 bridgehead atoms. The Labute approximate surface area is 129 Å². The van der Waals surface area contributed by atoms with Gasteiger partial charge in [0.15, 0.2) is 0 Å². The molecule has 0 spiro atoms. The van der Waals surface area contributed by atoms with Gasteiger partial charge in [0, 0.05) is 18.2 Å². The second-order valence-corrected chi connectivity index (χ2v) is 6.19. The number of ether oxygens (including phenoxy) is 1. The maximum atomic E-state index is 13.0. The van der Waals surface area contributed by atoms with Crippen molar-refractivity contribution >= 4 is 11.9 Å². The van der Waals surface area contributed by atoms with Crippen LogP contribution in [-0.4, -0.2) is 41.1 Å². The summed E-state index contributed by atoms with van der Waals surface area (Å²) < 4.78 is 5.61. The number of hydrogen-bond donors (Lipinski definition) is 1. The van der Waals surface area contributed by atoms with Gasteiger partial charge < -0.3 is 14.7 Å². The number of aliphatic carboxylic acids is 1. The molecule has 1 fully saturated rings. The molecule has 118 valence electrons. The Morgan fingerprint density at radius 3 is 2.73 bits per heavy atom. The Hall–Kier alpha value is -2.04. The zero-order valence-corrected chi connectivity index (χ0v) is 12.7. The fourth-order valence-corrected chi connectivity index (χ4v) is 2.98. The Bertz CT molecular complexity index is 582. The molecule has 2 aliphatic rings. The predicted molar refractivity (Wildman–Crippen MR) is 80.8 cm³/mol. The number of rotatable bonds is 5. The van der Waals surface area contributed by atoms with Gasteiger partial charge in [0.25, 0.3) is 0 Å². The number of amides is 1. The lowest BCUT2D eigenvalue weighted by Gasteiger charge is -2.32. The first-order valence-electron chi connectivity index (χ1n) is 7.83. The Kier molecular flexibility index (Phi) is 4.05. The predicted octanol–water partition coefficient (Wildman–Crippen LogP) is 2.26. The number of nitrogens with zero attached hydrogens (tertiary/aromatic N) is 1. The maximum absolute atomic E-state index is 13.0. The van der Waals surface area contributed by atoms with E-state index in [4.69, 9.17) is 9.84 Å². The van der Waals surface area contributed by atoms with Crippen molar-refractivity contribution in [2.75, 3.05) is 13.2 Å². The molecule has 1 aromatic carbocycles. The van der Waals surface area contributed by atoms with Gasteiger partial charge in [0.05, 0.1) is 18.4 Å². The van der Waals surface area contributed by atoms with Gasteiger partial charge in [-0.25, -0.2) is 0 Å². The average molecular weight is 303 g/mol. The molecular weight excluding hydrogens is 282 g/mol. The van der Waals surface area contributed by atoms with Crippen molar-refractivity contribution < 1.29 is 19.4 Å². The Balaban J connectivity index is 1.81. The van der Waals surface area contributed by atoms with Crippen LogP contribution in [0.4, 0.5) is 0 Å². The number of hydrogen-bond acceptors (Lipinski definition) is 3. The molecule has 1 aromatic rings. The second-order valence-electron chi connectivity index (χ2n) is 6.19. The Morgan fingerprint density at radius 2 is 2.05 bits per heavy atom. The highest BCUT2D eigenvalue weighted by atomic mass is 16.5. The van der Waals surface area contributed by atoms with E-state index in [1.165, 1.54) is 0 Å². The topological polar surface area (TPSA) is 66.8 Å². The summed E-state index contributed by atoms with van der Waals surface area (Å²) in [5.41, 5.74) is 0.923. The summed E-state index contributed by atoms with van der Waals surface area (Å²) in [6, 6.07) is 7.84. The minimum atomic E-state index is -0.856. The van der Waals surface area contributed by atoms with Gasteiger partial charge in [-0.2, -0.15) is 0 Å². The van der Waals surface area contributed by atoms with E-state index < -0.39 is 11.9 Å². The van der Waals surface area contributed by atoms with Crippen LogP contribution in [0.25, 0.3) is 0 Å². The molecule has 5 nitrogen and oxygen atoms in total. The van der Waals surface area contributed by atoms with E-state index in [1.54, 1.807) is 11.8 Å². The van der Waals surface area contributed by atoms with Gasteiger partial charge in [-0.1, -0.05) is 25.1 Å². The normalized spacial score (nSPS) is 21.4. The van der Waals surface area contributed by atoms with Crippen LogP contribution >= 0.6 is 0 Å². The van der Waals surface area contributed by atoms with Gasteiger partial charge in [-0.15, -0.1) is 0 Å². The minimum Gasteiger partial charge on any atom is -0.493 e. The summed E-state index contributed by atoms with van der Waals surface area (Å²) >= 11 is 0. The lowest BCUT2D eigenvalue weighted by Crippen LogP contribution is -2.42. The van der Waals surface area contributed by atoms with Crippen LogP contribution in [-0.2, 0) is 9.59 Å². The summed E-state index contributed by atoms with van der Waals surface area (Å²) in [6.45, 7) is 2.47. The van der Waals surface area contributed by atoms with Crippen LogP contribution in [0, 0.1) is 5.92 Å². The Morgan fingerprint density at radius 1 is 1.32 bits per heavy atom. The van der Waals surface area contributed by atoms with Crippen LogP contribution in [0.2, 0.25) is 0 Å². The van der Waals surface area contributed by atoms with E-state index in [2.05, 4.69) is 0 Å². The second kappa shape index (κ2) is 5.99. The molecule has 2 unspecified atom stereocenters. The maximum Gasteiger partial charge on any atom is 0.308 e. The number of benzene rings is 1. The summed E-state index contributed by atoms with van der Waals surface area (Å²) in [5, 5.41) is 9.13. The standard InChI is InChI=1S/C17H21NO4/c1-11(17(20)21)10-18(12-6-7-12)16(19)14-8-9-22-15-5-3-2-4-13(14)15/h2-5,11-12,14H,6-10H2,1H3,(H,20,21). The van der Waals surface area contributed by atoms with Gasteiger partial charge in [0.1, 0.15) is 5.75 Å². The molecule has 0 radical (unpaired) electrons. The van der Waals surface area contributed by atoms with Gasteiger partial charge in [-0.05, 0) is 25.3 Å². The van der Waals surface area contributed by atoms with Crippen LogP contribution in [0.3, 0.4) is 0 Å². The summed E-state index contributed by atoms with van der Waals surface area (Å²) in [6.07, 6.45) is 2.60. The third-order valence-corrected chi connectivity index (χ3v) is 4.42. The van der Waals surface area contributed by atoms with Crippen molar-refractivity contribution in [1.82, 2.24) is 4.90 Å². The third-order valence-electron chi connectivity index (χ3n) is 4.42. The van der Waals surface area contributed by atoms with E-state index in [9.17, 15) is 9.59 Å². The highest BCUT2D eigenvalue weighted by Crippen LogP contribution is 2.37. The number of carboxylic acid groups (broad SMARTS) is 1. The lowest BCUT2D eigenvalue weighted by atomic mass is 9.91. The SMILES string of the molecule is CC(CN(C(=O)C1CCOc2ccccc21)C1CC1)C(=O)O. The van der Waals surface area contributed by atoms with E-state index in [1.807, 2.05) is 24.3 Å². The van der Waals surface area contributed by atoms with Gasteiger partial charge >= 0.3 is 5.97 Å². The first-order chi connectivity index (χ1) is 10.6. The van der Waals surface area contributed by atoms with Crippen LogP contribution < -0.4 is 4.74 Å². The largest absolute Gasteiger partial charge is 0.493 e. The average Bonchev–Trinajstić information content (AvgIpc) is 3.35. The van der Waals surface area contributed by atoms with Gasteiger partial charge in [0.2, 0.25) is 5.91 Å². The summed E-state index contributed by atoms with van der Waals surface area (Å²) in [7, 11) is 0. The molecule has 2 atom stereocenters. The van der Waals surface area contributed by atoms with Crippen LogP contribution in [0.5, 0.6) is 5.75 Å². The summed E-state index contributed by atoms with van der Waals surface area (Å²) in [5.74, 6) is -0.794. The van der Waals surface area contributed by atoms with E-state index >= 15 is 0 Å². The van der Waals surface area contributed by atoms with E-state index in [0.717, 1.165) is 24.2 Å². The quantitative estimate of drug-likeness (QED) is 0.906. The van der Waals surface area contributed by atoms with E-state index in [0.29, 0.717) is 19.6 Å². The van der Waals surface area contributed by atoms with Gasteiger partial charge in [-0.3, -0.25) is 9.59 Å². The molecule has 1 aliphatic carbocycles. The smallest absolute Gasteiger partial charge is 0.308 e. The molecule has 3 rings (SSSR count). The minimum absolute atomic E-state index is 0.0475. The molecule has 1 amide bonds. The highest BCUT2D eigenvalue weighted by Gasteiger charge is 2.39. The van der Waals surface area contributed by atoms with E-state index in [-0.39, 0.29) is 17.9 Å². The van der Waals surface area contributed by atoms with Crippen molar-refractivity contribution in [1.29, 1.82) is 0 Å². The molecule has 1 saturated carbocycles. The van der Waals surface area contributed by atoms with Crippen LogP contribution in [0.15, 0.2) is 24.3 Å². The fourth-order valence-electron chi connectivity index (χ4n) is 2.98. The molecule has 22 heavy (non-hydrogen) atoms. The molecule has 1 N–H and O–H groups in total. The van der Waals surface area contributed by atoms with Crippen molar-refractivity contribution in [3.05, 3.63) is 29.8 Å². The van der Waals surface area contributed by atoms with Crippen molar-refractivity contribution in [3.8, 4) is 5.75 Å². The zero-order chi connectivity index (χ0) is 15.7. The zero-order valence-electron chi connectivity index (χ0n) is 12.7. The van der Waals surface area contributed by atoms with Crippen molar-refractivity contribution in [2.24, 2.45) is 5.92 Å². The third kappa shape index (κ3) is 2.93. The fraction of sp³-hybridized carbons (Fsp3) is 0.529. The number of para-hydroxylation sites is 1. The molecule has 5 heteroatoms. The van der Waals surface area contributed by atoms with Crippen molar-refractivity contribution in [3.63, 3.8) is 0 Å². The number of carboxylic acids is 1. The monoisotopic (exact) mass is 303 g/mol. The molecule has 0 saturated heterocycles. The summed E-state index contributed by atoms with van der Waals surface area (Å²) in [4.78, 5) is 25.9. The lowest BCUT2D eigenvalue weighted by molar-refractivity contribution is -0.143. The molecule has 1 heterocycles. The van der Waals surface area contributed by atoms with Crippen molar-refractivity contribution in [2.45, 2.75) is 38.1 Å². The molecule has 0 aromatic heterocycles. The highest BCUT2D eigenvalue weighted by molar-refractivity contribution is 5.86. The first-order valence-corrected chi connectivity index (χ1v) is 7.83.